The lowest BCUT2D eigenvalue weighted by Gasteiger charge is -2.13. The Morgan fingerprint density at radius 1 is 1.31 bits per heavy atom. The van der Waals surface area contributed by atoms with Crippen LogP contribution in [-0.4, -0.2) is 16.1 Å². The number of anilines is 2. The summed E-state index contributed by atoms with van der Waals surface area (Å²) >= 11 is 2.83. The highest BCUT2D eigenvalue weighted by atomic mass is 32.2. The van der Waals surface area contributed by atoms with Gasteiger partial charge in [-0.05, 0) is 48.9 Å². The van der Waals surface area contributed by atoms with Gasteiger partial charge < -0.3 is 11.1 Å². The predicted molar refractivity (Wildman–Crippen MR) is 107 cm³/mol. The van der Waals surface area contributed by atoms with Gasteiger partial charge in [-0.3, -0.25) is 4.79 Å². The van der Waals surface area contributed by atoms with Gasteiger partial charge in [0.25, 0.3) is 0 Å². The van der Waals surface area contributed by atoms with Crippen LogP contribution in [0.25, 0.3) is 11.3 Å². The Hall–Kier alpha value is -2.38. The molecule has 2 aromatic carbocycles. The Morgan fingerprint density at radius 3 is 2.77 bits per heavy atom. The quantitative estimate of drug-likeness (QED) is 0.459. The minimum Gasteiger partial charge on any atom is -0.399 e. The number of nitrogens with one attached hydrogen (secondary N) is 1. The molecular formula is C19H18FN3OS2. The zero-order valence-electron chi connectivity index (χ0n) is 14.1. The Bertz CT molecular complexity index is 896. The molecule has 1 unspecified atom stereocenters. The van der Waals surface area contributed by atoms with Gasteiger partial charge in [0.15, 0.2) is 5.13 Å². The minimum absolute atomic E-state index is 0.0973. The fourth-order valence-electron chi connectivity index (χ4n) is 2.34. The fraction of sp³-hybridized carbons (Fsp3) is 0.158. The smallest absolute Gasteiger partial charge is 0.239 e. The van der Waals surface area contributed by atoms with Crippen molar-refractivity contribution in [1.29, 1.82) is 0 Å². The lowest BCUT2D eigenvalue weighted by Crippen LogP contribution is -2.24. The molecule has 0 radical (unpaired) electrons. The molecule has 0 saturated carbocycles. The summed E-state index contributed by atoms with van der Waals surface area (Å²) < 4.78 is 13.0. The highest BCUT2D eigenvalue weighted by Gasteiger charge is 2.19. The van der Waals surface area contributed by atoms with Gasteiger partial charge in [-0.25, -0.2) is 9.37 Å². The summed E-state index contributed by atoms with van der Waals surface area (Å²) in [5.74, 6) is -0.387. The third-order valence-electron chi connectivity index (χ3n) is 3.67. The van der Waals surface area contributed by atoms with E-state index in [-0.39, 0.29) is 17.0 Å². The van der Waals surface area contributed by atoms with E-state index in [9.17, 15) is 9.18 Å². The molecule has 3 rings (SSSR count). The standard InChI is InChI=1S/C19H18FN3OS2/c1-2-17(26-15-5-3-4-14(21)10-15)18(24)23-19-22-16(11-25-19)12-6-8-13(20)9-7-12/h3-11,17H,2,21H2,1H3,(H,22,23,24). The number of halogens is 1. The van der Waals surface area contributed by atoms with E-state index in [0.29, 0.717) is 22.9 Å². The second-order valence-electron chi connectivity index (χ2n) is 5.62. The van der Waals surface area contributed by atoms with Gasteiger partial charge in [0.2, 0.25) is 5.91 Å². The van der Waals surface area contributed by atoms with Crippen molar-refractivity contribution in [2.45, 2.75) is 23.5 Å². The fourth-order valence-corrected chi connectivity index (χ4v) is 4.09. The number of aromatic nitrogens is 1. The van der Waals surface area contributed by atoms with E-state index in [4.69, 9.17) is 5.73 Å². The van der Waals surface area contributed by atoms with E-state index in [1.165, 1.54) is 35.2 Å². The molecule has 0 aliphatic rings. The van der Waals surface area contributed by atoms with Gasteiger partial charge in [-0.1, -0.05) is 13.0 Å². The number of nitrogens with zero attached hydrogens (tertiary/aromatic N) is 1. The van der Waals surface area contributed by atoms with Crippen molar-refractivity contribution in [1.82, 2.24) is 4.98 Å². The second-order valence-corrected chi connectivity index (χ2v) is 7.76. The maximum atomic E-state index is 13.0. The summed E-state index contributed by atoms with van der Waals surface area (Å²) in [5.41, 5.74) is 7.99. The van der Waals surface area contributed by atoms with E-state index in [0.717, 1.165) is 10.5 Å². The molecule has 134 valence electrons. The van der Waals surface area contributed by atoms with Crippen LogP contribution in [0, 0.1) is 5.82 Å². The molecular weight excluding hydrogens is 369 g/mol. The van der Waals surface area contributed by atoms with Crippen LogP contribution in [0.5, 0.6) is 0 Å². The molecule has 4 nitrogen and oxygen atoms in total. The first kappa shape index (κ1) is 18.4. The number of thiazole rings is 1. The van der Waals surface area contributed by atoms with Crippen LogP contribution in [0.3, 0.4) is 0 Å². The first-order valence-corrected chi connectivity index (χ1v) is 9.85. The molecule has 0 spiro atoms. The van der Waals surface area contributed by atoms with Crippen molar-refractivity contribution in [3.63, 3.8) is 0 Å². The van der Waals surface area contributed by atoms with Crippen LogP contribution >= 0.6 is 23.1 Å². The topological polar surface area (TPSA) is 68.0 Å². The van der Waals surface area contributed by atoms with Crippen molar-refractivity contribution in [2.24, 2.45) is 0 Å². The van der Waals surface area contributed by atoms with Crippen LogP contribution in [0.2, 0.25) is 0 Å². The normalized spacial score (nSPS) is 11.9. The van der Waals surface area contributed by atoms with E-state index < -0.39 is 0 Å². The van der Waals surface area contributed by atoms with Crippen molar-refractivity contribution in [3.05, 3.63) is 59.7 Å². The zero-order valence-corrected chi connectivity index (χ0v) is 15.7. The third-order valence-corrected chi connectivity index (χ3v) is 5.79. The molecule has 3 aromatic rings. The van der Waals surface area contributed by atoms with Crippen LogP contribution in [0.15, 0.2) is 58.8 Å². The number of thioether (sulfide) groups is 1. The molecule has 1 aromatic heterocycles. The molecule has 0 saturated heterocycles. The SMILES string of the molecule is CCC(Sc1cccc(N)c1)C(=O)Nc1nc(-c2ccc(F)cc2)cs1. The first-order chi connectivity index (χ1) is 12.5. The Balaban J connectivity index is 1.67. The molecule has 1 amide bonds. The van der Waals surface area contributed by atoms with Crippen molar-refractivity contribution in [3.8, 4) is 11.3 Å². The number of hydrogen-bond acceptors (Lipinski definition) is 5. The summed E-state index contributed by atoms with van der Waals surface area (Å²) in [7, 11) is 0. The summed E-state index contributed by atoms with van der Waals surface area (Å²) in [6.45, 7) is 1.97. The Labute approximate surface area is 159 Å². The number of carbonyl (C=O) groups is 1. The molecule has 0 fully saturated rings. The maximum absolute atomic E-state index is 13.0. The Kier molecular flexibility index (Phi) is 5.90. The van der Waals surface area contributed by atoms with Gasteiger partial charge in [0.05, 0.1) is 10.9 Å². The van der Waals surface area contributed by atoms with Crippen LogP contribution in [0.4, 0.5) is 15.2 Å². The lowest BCUT2D eigenvalue weighted by atomic mass is 10.2. The Morgan fingerprint density at radius 2 is 2.08 bits per heavy atom. The number of benzene rings is 2. The van der Waals surface area contributed by atoms with Gasteiger partial charge in [-0.15, -0.1) is 23.1 Å². The number of amides is 1. The molecule has 1 heterocycles. The zero-order chi connectivity index (χ0) is 18.5. The van der Waals surface area contributed by atoms with Crippen molar-refractivity contribution >= 4 is 39.8 Å². The second kappa shape index (κ2) is 8.33. The summed E-state index contributed by atoms with van der Waals surface area (Å²) in [6, 6.07) is 13.6. The highest BCUT2D eigenvalue weighted by Crippen LogP contribution is 2.29. The molecule has 7 heteroatoms. The van der Waals surface area contributed by atoms with Gasteiger partial charge in [-0.2, -0.15) is 0 Å². The predicted octanol–water partition coefficient (Wildman–Crippen LogP) is 5.04. The van der Waals surface area contributed by atoms with Crippen molar-refractivity contribution < 1.29 is 9.18 Å². The number of hydrogen-bond donors (Lipinski definition) is 2. The van der Waals surface area contributed by atoms with E-state index in [1.54, 1.807) is 12.1 Å². The molecule has 1 atom stereocenters. The van der Waals surface area contributed by atoms with Gasteiger partial charge >= 0.3 is 0 Å². The lowest BCUT2D eigenvalue weighted by molar-refractivity contribution is -0.115. The van der Waals surface area contributed by atoms with Gasteiger partial charge in [0, 0.05) is 21.5 Å². The summed E-state index contributed by atoms with van der Waals surface area (Å²) in [5, 5.41) is 5.00. The number of nitrogens with two attached hydrogens (primary N) is 1. The van der Waals surface area contributed by atoms with Crippen molar-refractivity contribution in [2.75, 3.05) is 11.1 Å². The van der Waals surface area contributed by atoms with E-state index in [1.807, 2.05) is 36.6 Å². The summed E-state index contributed by atoms with van der Waals surface area (Å²) in [6.07, 6.45) is 0.682. The molecule has 26 heavy (non-hydrogen) atoms. The highest BCUT2D eigenvalue weighted by molar-refractivity contribution is 8.00. The molecule has 3 N–H and O–H groups in total. The first-order valence-electron chi connectivity index (χ1n) is 8.09. The van der Waals surface area contributed by atoms with Crippen LogP contribution in [0.1, 0.15) is 13.3 Å². The monoisotopic (exact) mass is 387 g/mol. The van der Waals surface area contributed by atoms with Crippen LogP contribution < -0.4 is 11.1 Å². The molecule has 0 aliphatic carbocycles. The largest absolute Gasteiger partial charge is 0.399 e. The number of carbonyl (C=O) groups excluding carboxylic acids is 1. The maximum Gasteiger partial charge on any atom is 0.239 e. The minimum atomic E-state index is -0.290. The third kappa shape index (κ3) is 4.62. The number of nitrogen functional groups attached to an aromatic ring is 1. The van der Waals surface area contributed by atoms with E-state index in [2.05, 4.69) is 10.3 Å². The average molecular weight is 388 g/mol. The van der Waals surface area contributed by atoms with Gasteiger partial charge in [0.1, 0.15) is 5.82 Å². The van der Waals surface area contributed by atoms with Crippen LogP contribution in [-0.2, 0) is 4.79 Å². The molecule has 0 bridgehead atoms. The molecule has 0 aliphatic heterocycles. The summed E-state index contributed by atoms with van der Waals surface area (Å²) in [4.78, 5) is 18.0. The average Bonchev–Trinajstić information content (AvgIpc) is 3.08. The van der Waals surface area contributed by atoms with E-state index >= 15 is 0 Å². The number of rotatable bonds is 6.